The first-order chi connectivity index (χ1) is 9.83. The summed E-state index contributed by atoms with van der Waals surface area (Å²) in [4.78, 5) is 4.53. The number of hydrogen-bond donors (Lipinski definition) is 1. The largest absolute Gasteiger partial charge is 0.384 e. The van der Waals surface area contributed by atoms with E-state index in [1.165, 1.54) is 36.9 Å². The average molecular weight is 271 g/mol. The minimum Gasteiger partial charge on any atom is -0.384 e. The third kappa shape index (κ3) is 3.00. The number of rotatable bonds is 5. The molecule has 1 aliphatic rings. The Kier molecular flexibility index (Phi) is 4.00. The van der Waals surface area contributed by atoms with Gasteiger partial charge in [-0.15, -0.1) is 0 Å². The van der Waals surface area contributed by atoms with Crippen LogP contribution >= 0.6 is 0 Å². The molecule has 0 bridgehead atoms. The van der Waals surface area contributed by atoms with E-state index in [2.05, 4.69) is 34.5 Å². The zero-order valence-electron chi connectivity index (χ0n) is 11.9. The van der Waals surface area contributed by atoms with E-state index in [1.54, 1.807) is 0 Å². The highest BCUT2D eigenvalue weighted by Crippen LogP contribution is 2.32. The molecular weight excluding hydrogens is 250 g/mol. The van der Waals surface area contributed by atoms with E-state index in [1.807, 2.05) is 12.1 Å². The molecule has 20 heavy (non-hydrogen) atoms. The molecule has 3 rings (SSSR count). The van der Waals surface area contributed by atoms with E-state index < -0.39 is 0 Å². The van der Waals surface area contributed by atoms with Gasteiger partial charge < -0.3 is 9.84 Å². The third-order valence-electron chi connectivity index (χ3n) is 4.00. The lowest BCUT2D eigenvalue weighted by atomic mass is 10.1. The molecule has 0 radical (unpaired) electrons. The summed E-state index contributed by atoms with van der Waals surface area (Å²) in [5.74, 6) is 2.18. The summed E-state index contributed by atoms with van der Waals surface area (Å²) >= 11 is 0. The predicted molar refractivity (Wildman–Crippen MR) is 78.9 cm³/mol. The lowest BCUT2D eigenvalue weighted by Gasteiger charge is -2.07. The second kappa shape index (κ2) is 6.07. The highest BCUT2D eigenvalue weighted by Gasteiger charge is 2.22. The molecule has 106 valence electrons. The second-order valence-corrected chi connectivity index (χ2v) is 5.52. The Labute approximate surface area is 119 Å². The summed E-state index contributed by atoms with van der Waals surface area (Å²) in [5, 5.41) is 7.54. The monoisotopic (exact) mass is 271 g/mol. The highest BCUT2D eigenvalue weighted by atomic mass is 16.5. The zero-order valence-corrected chi connectivity index (χ0v) is 11.9. The number of nitrogens with zero attached hydrogens (tertiary/aromatic N) is 2. The Morgan fingerprint density at radius 1 is 1.25 bits per heavy atom. The molecule has 1 aromatic carbocycles. The quantitative estimate of drug-likeness (QED) is 0.901. The SMILES string of the molecule is Cc1ccccc1NCCc1nc(C2CCCC2)no1. The van der Waals surface area contributed by atoms with Crippen LogP contribution in [-0.4, -0.2) is 16.7 Å². The van der Waals surface area contributed by atoms with Crippen molar-refractivity contribution in [1.82, 2.24) is 10.1 Å². The molecule has 0 atom stereocenters. The summed E-state index contributed by atoms with van der Waals surface area (Å²) in [6.45, 7) is 2.92. The van der Waals surface area contributed by atoms with Gasteiger partial charge in [-0.25, -0.2) is 0 Å². The molecule has 1 aliphatic carbocycles. The molecule has 1 aromatic heterocycles. The molecule has 1 fully saturated rings. The van der Waals surface area contributed by atoms with E-state index in [9.17, 15) is 0 Å². The molecule has 1 N–H and O–H groups in total. The van der Waals surface area contributed by atoms with Crippen molar-refractivity contribution in [2.24, 2.45) is 0 Å². The van der Waals surface area contributed by atoms with Crippen LogP contribution in [0.25, 0.3) is 0 Å². The van der Waals surface area contributed by atoms with Crippen molar-refractivity contribution in [2.45, 2.75) is 44.9 Å². The molecule has 0 unspecified atom stereocenters. The fourth-order valence-electron chi connectivity index (χ4n) is 2.79. The normalized spacial score (nSPS) is 15.7. The summed E-state index contributed by atoms with van der Waals surface area (Å²) in [5.41, 5.74) is 2.42. The van der Waals surface area contributed by atoms with Crippen LogP contribution in [0.5, 0.6) is 0 Å². The van der Waals surface area contributed by atoms with Crippen LogP contribution in [0.4, 0.5) is 5.69 Å². The number of hydrogen-bond acceptors (Lipinski definition) is 4. The van der Waals surface area contributed by atoms with Crippen LogP contribution in [0.3, 0.4) is 0 Å². The lowest BCUT2D eigenvalue weighted by Crippen LogP contribution is -2.06. The number of para-hydroxylation sites is 1. The molecule has 0 saturated heterocycles. The van der Waals surface area contributed by atoms with Gasteiger partial charge in [-0.2, -0.15) is 4.98 Å². The summed E-state index contributed by atoms with van der Waals surface area (Å²) in [6, 6.07) is 8.28. The first-order valence-electron chi connectivity index (χ1n) is 7.45. The fourth-order valence-corrected chi connectivity index (χ4v) is 2.79. The minimum atomic E-state index is 0.525. The lowest BCUT2D eigenvalue weighted by molar-refractivity contribution is 0.371. The Balaban J connectivity index is 1.52. The summed E-state index contributed by atoms with van der Waals surface area (Å²) < 4.78 is 5.34. The van der Waals surface area contributed by atoms with Gasteiger partial charge in [0.15, 0.2) is 5.82 Å². The van der Waals surface area contributed by atoms with Gasteiger partial charge in [0.1, 0.15) is 0 Å². The van der Waals surface area contributed by atoms with Crippen molar-refractivity contribution in [3.05, 3.63) is 41.5 Å². The maximum Gasteiger partial charge on any atom is 0.228 e. The molecule has 4 nitrogen and oxygen atoms in total. The van der Waals surface area contributed by atoms with E-state index in [4.69, 9.17) is 4.52 Å². The van der Waals surface area contributed by atoms with Crippen molar-refractivity contribution >= 4 is 5.69 Å². The average Bonchev–Trinajstić information content (AvgIpc) is 3.11. The Morgan fingerprint density at radius 3 is 2.85 bits per heavy atom. The number of benzene rings is 1. The molecule has 4 heteroatoms. The Morgan fingerprint density at radius 2 is 2.05 bits per heavy atom. The first-order valence-corrected chi connectivity index (χ1v) is 7.45. The number of anilines is 1. The smallest absolute Gasteiger partial charge is 0.228 e. The van der Waals surface area contributed by atoms with Crippen LogP contribution in [0, 0.1) is 6.92 Å². The van der Waals surface area contributed by atoms with Crippen molar-refractivity contribution < 1.29 is 4.52 Å². The molecule has 0 aliphatic heterocycles. The predicted octanol–water partition coefficient (Wildman–Crippen LogP) is 3.69. The van der Waals surface area contributed by atoms with Crippen LogP contribution in [-0.2, 0) is 6.42 Å². The summed E-state index contributed by atoms with van der Waals surface area (Å²) in [6.07, 6.45) is 5.78. The minimum absolute atomic E-state index is 0.525. The van der Waals surface area contributed by atoms with Gasteiger partial charge in [-0.3, -0.25) is 0 Å². The number of nitrogens with one attached hydrogen (secondary N) is 1. The van der Waals surface area contributed by atoms with Crippen molar-refractivity contribution in [1.29, 1.82) is 0 Å². The highest BCUT2D eigenvalue weighted by molar-refractivity contribution is 5.50. The first kappa shape index (κ1) is 13.2. The van der Waals surface area contributed by atoms with Crippen LogP contribution in [0.2, 0.25) is 0 Å². The summed E-state index contributed by atoms with van der Waals surface area (Å²) in [7, 11) is 0. The molecule has 0 spiro atoms. The Bertz CT molecular complexity index is 558. The van der Waals surface area contributed by atoms with E-state index in [-0.39, 0.29) is 0 Å². The third-order valence-corrected chi connectivity index (χ3v) is 4.00. The van der Waals surface area contributed by atoms with Crippen LogP contribution in [0.15, 0.2) is 28.8 Å². The Hall–Kier alpha value is -1.84. The van der Waals surface area contributed by atoms with Gasteiger partial charge in [0.2, 0.25) is 5.89 Å². The van der Waals surface area contributed by atoms with Gasteiger partial charge in [-0.05, 0) is 31.4 Å². The molecule has 2 aromatic rings. The van der Waals surface area contributed by atoms with Crippen molar-refractivity contribution in [2.75, 3.05) is 11.9 Å². The van der Waals surface area contributed by atoms with Gasteiger partial charge in [0, 0.05) is 24.6 Å². The van der Waals surface area contributed by atoms with Crippen LogP contribution < -0.4 is 5.32 Å². The van der Waals surface area contributed by atoms with E-state index >= 15 is 0 Å². The fraction of sp³-hybridized carbons (Fsp3) is 0.500. The number of aromatic nitrogens is 2. The van der Waals surface area contributed by atoms with Gasteiger partial charge >= 0.3 is 0 Å². The van der Waals surface area contributed by atoms with Gasteiger partial charge in [-0.1, -0.05) is 36.2 Å². The zero-order chi connectivity index (χ0) is 13.8. The standard InChI is InChI=1S/C16H21N3O/c1-12-6-2-5-9-14(12)17-11-10-15-18-16(19-20-15)13-7-3-4-8-13/h2,5-6,9,13,17H,3-4,7-8,10-11H2,1H3. The topological polar surface area (TPSA) is 51.0 Å². The molecule has 0 amide bonds. The van der Waals surface area contributed by atoms with Crippen molar-refractivity contribution in [3.63, 3.8) is 0 Å². The maximum absolute atomic E-state index is 5.34. The van der Waals surface area contributed by atoms with E-state index in [0.717, 1.165) is 24.7 Å². The maximum atomic E-state index is 5.34. The van der Waals surface area contributed by atoms with Gasteiger partial charge in [0.05, 0.1) is 0 Å². The van der Waals surface area contributed by atoms with Crippen LogP contribution in [0.1, 0.15) is 48.9 Å². The molecule has 1 saturated carbocycles. The van der Waals surface area contributed by atoms with E-state index in [0.29, 0.717) is 5.92 Å². The van der Waals surface area contributed by atoms with Gasteiger partial charge in [0.25, 0.3) is 0 Å². The number of aryl methyl sites for hydroxylation is 1. The van der Waals surface area contributed by atoms with Crippen molar-refractivity contribution in [3.8, 4) is 0 Å². The molecule has 1 heterocycles. The molecular formula is C16H21N3O. The second-order valence-electron chi connectivity index (χ2n) is 5.52.